The zero-order chi connectivity index (χ0) is 14.4. The fourth-order valence-electron chi connectivity index (χ4n) is 2.84. The van der Waals surface area contributed by atoms with Gasteiger partial charge in [-0.3, -0.25) is 4.90 Å². The van der Waals surface area contributed by atoms with Crippen LogP contribution in [0.1, 0.15) is 37.8 Å². The topological polar surface area (TPSA) is 24.5 Å². The quantitative estimate of drug-likeness (QED) is 0.867. The monoisotopic (exact) mass is 280 g/mol. The Morgan fingerprint density at radius 3 is 2.70 bits per heavy atom. The fraction of sp³-hybridized carbons (Fsp3) is 0.625. The van der Waals surface area contributed by atoms with Crippen LogP contribution in [0.15, 0.2) is 18.2 Å². The second-order valence-electron chi connectivity index (χ2n) is 5.34. The number of unbranched alkanes of at least 4 members (excludes halogenated alkanes) is 1. The molecule has 2 rings (SSSR count). The van der Waals surface area contributed by atoms with Crippen LogP contribution in [-0.4, -0.2) is 38.2 Å². The first-order valence-electron chi connectivity index (χ1n) is 7.54. The zero-order valence-electron chi connectivity index (χ0n) is 12.5. The van der Waals surface area contributed by atoms with Gasteiger partial charge in [-0.05, 0) is 24.1 Å². The maximum absolute atomic E-state index is 13.9. The Kier molecular flexibility index (Phi) is 5.80. The summed E-state index contributed by atoms with van der Waals surface area (Å²) in [5.41, 5.74) is 1.07. The molecule has 1 N–H and O–H groups in total. The van der Waals surface area contributed by atoms with Crippen molar-refractivity contribution in [3.05, 3.63) is 29.6 Å². The smallest absolute Gasteiger partial charge is 0.165 e. The SMILES string of the molecule is CCCC[C@H](c1ccc(OC)c(F)c1)N1CCNCC1. The molecule has 20 heavy (non-hydrogen) atoms. The summed E-state index contributed by atoms with van der Waals surface area (Å²) in [6.07, 6.45) is 3.42. The summed E-state index contributed by atoms with van der Waals surface area (Å²) in [6, 6.07) is 5.70. The van der Waals surface area contributed by atoms with Gasteiger partial charge in [-0.15, -0.1) is 0 Å². The normalized spacial score (nSPS) is 17.9. The number of hydrogen-bond donors (Lipinski definition) is 1. The van der Waals surface area contributed by atoms with Gasteiger partial charge in [0.15, 0.2) is 11.6 Å². The van der Waals surface area contributed by atoms with E-state index in [4.69, 9.17) is 4.74 Å². The molecule has 0 amide bonds. The lowest BCUT2D eigenvalue weighted by Gasteiger charge is -2.35. The summed E-state index contributed by atoms with van der Waals surface area (Å²) >= 11 is 0. The number of piperazine rings is 1. The predicted octanol–water partition coefficient (Wildman–Crippen LogP) is 2.97. The van der Waals surface area contributed by atoms with Gasteiger partial charge in [-0.25, -0.2) is 4.39 Å². The first-order valence-corrected chi connectivity index (χ1v) is 7.54. The van der Waals surface area contributed by atoms with Crippen LogP contribution in [0, 0.1) is 5.82 Å². The van der Waals surface area contributed by atoms with Gasteiger partial charge in [0.1, 0.15) is 0 Å². The number of methoxy groups -OCH3 is 1. The van der Waals surface area contributed by atoms with Crippen LogP contribution >= 0.6 is 0 Å². The Balaban J connectivity index is 2.18. The van der Waals surface area contributed by atoms with Crippen molar-refractivity contribution in [1.29, 1.82) is 0 Å². The molecule has 4 heteroatoms. The Morgan fingerprint density at radius 2 is 2.10 bits per heavy atom. The fourth-order valence-corrected chi connectivity index (χ4v) is 2.84. The highest BCUT2D eigenvalue weighted by Crippen LogP contribution is 2.29. The van der Waals surface area contributed by atoms with Gasteiger partial charge < -0.3 is 10.1 Å². The zero-order valence-corrected chi connectivity index (χ0v) is 12.5. The van der Waals surface area contributed by atoms with Crippen LogP contribution in [0.5, 0.6) is 5.75 Å². The van der Waals surface area contributed by atoms with E-state index in [0.717, 1.165) is 38.2 Å². The molecular formula is C16H25FN2O. The van der Waals surface area contributed by atoms with E-state index in [-0.39, 0.29) is 5.82 Å². The Morgan fingerprint density at radius 1 is 1.35 bits per heavy atom. The third-order valence-electron chi connectivity index (χ3n) is 3.98. The second kappa shape index (κ2) is 7.60. The van der Waals surface area contributed by atoms with Gasteiger partial charge in [-0.1, -0.05) is 25.8 Å². The highest BCUT2D eigenvalue weighted by atomic mass is 19.1. The minimum atomic E-state index is -0.262. The largest absolute Gasteiger partial charge is 0.494 e. The van der Waals surface area contributed by atoms with Crippen LogP contribution in [0.2, 0.25) is 0 Å². The maximum Gasteiger partial charge on any atom is 0.165 e. The van der Waals surface area contributed by atoms with Crippen molar-refractivity contribution >= 4 is 0 Å². The number of nitrogens with one attached hydrogen (secondary N) is 1. The molecule has 0 aromatic heterocycles. The molecule has 1 aromatic carbocycles. The summed E-state index contributed by atoms with van der Waals surface area (Å²) in [6.45, 7) is 6.29. The van der Waals surface area contributed by atoms with Gasteiger partial charge in [0.05, 0.1) is 7.11 Å². The lowest BCUT2D eigenvalue weighted by Crippen LogP contribution is -2.45. The third-order valence-corrected chi connectivity index (χ3v) is 3.98. The molecule has 1 aliphatic heterocycles. The van der Waals surface area contributed by atoms with E-state index in [1.807, 2.05) is 6.07 Å². The maximum atomic E-state index is 13.9. The molecule has 1 aliphatic rings. The molecule has 1 atom stereocenters. The predicted molar refractivity (Wildman–Crippen MR) is 79.7 cm³/mol. The third kappa shape index (κ3) is 3.70. The molecule has 0 aliphatic carbocycles. The number of halogens is 1. The van der Waals surface area contributed by atoms with Crippen LogP contribution in [0.3, 0.4) is 0 Å². The number of rotatable bonds is 6. The molecule has 0 saturated carbocycles. The van der Waals surface area contributed by atoms with Crippen molar-refractivity contribution in [3.63, 3.8) is 0 Å². The van der Waals surface area contributed by atoms with Gasteiger partial charge >= 0.3 is 0 Å². The molecule has 112 valence electrons. The van der Waals surface area contributed by atoms with Crippen molar-refractivity contribution in [1.82, 2.24) is 10.2 Å². The average Bonchev–Trinajstić information content (AvgIpc) is 2.49. The number of ether oxygens (including phenoxy) is 1. The molecular weight excluding hydrogens is 255 g/mol. The summed E-state index contributed by atoms with van der Waals surface area (Å²) in [5, 5.41) is 3.37. The number of hydrogen-bond acceptors (Lipinski definition) is 3. The summed E-state index contributed by atoms with van der Waals surface area (Å²) in [5.74, 6) is 0.0601. The summed E-state index contributed by atoms with van der Waals surface area (Å²) in [7, 11) is 1.50. The highest BCUT2D eigenvalue weighted by Gasteiger charge is 2.22. The van der Waals surface area contributed by atoms with Crippen molar-refractivity contribution < 1.29 is 9.13 Å². The van der Waals surface area contributed by atoms with Crippen LogP contribution < -0.4 is 10.1 Å². The van der Waals surface area contributed by atoms with Crippen molar-refractivity contribution in [2.45, 2.75) is 32.2 Å². The van der Waals surface area contributed by atoms with E-state index in [9.17, 15) is 4.39 Å². The van der Waals surface area contributed by atoms with Crippen molar-refractivity contribution in [2.75, 3.05) is 33.3 Å². The average molecular weight is 280 g/mol. The first kappa shape index (κ1) is 15.3. The molecule has 0 unspecified atom stereocenters. The molecule has 0 bridgehead atoms. The lowest BCUT2D eigenvalue weighted by molar-refractivity contribution is 0.163. The highest BCUT2D eigenvalue weighted by molar-refractivity contribution is 5.31. The van der Waals surface area contributed by atoms with Gasteiger partial charge in [0.25, 0.3) is 0 Å². The minimum absolute atomic E-state index is 0.262. The molecule has 1 saturated heterocycles. The Hall–Kier alpha value is -1.13. The number of benzene rings is 1. The van der Waals surface area contributed by atoms with E-state index >= 15 is 0 Å². The first-order chi connectivity index (χ1) is 9.76. The number of nitrogens with zero attached hydrogens (tertiary/aromatic N) is 1. The molecule has 3 nitrogen and oxygen atoms in total. The molecule has 0 spiro atoms. The Labute approximate surface area is 121 Å². The molecule has 1 heterocycles. The molecule has 1 aromatic rings. The van der Waals surface area contributed by atoms with Gasteiger partial charge in [0, 0.05) is 32.2 Å². The van der Waals surface area contributed by atoms with Crippen molar-refractivity contribution in [3.8, 4) is 5.75 Å². The van der Waals surface area contributed by atoms with E-state index in [1.165, 1.54) is 20.0 Å². The van der Waals surface area contributed by atoms with Gasteiger partial charge in [-0.2, -0.15) is 0 Å². The van der Waals surface area contributed by atoms with E-state index in [2.05, 4.69) is 17.1 Å². The molecule has 0 radical (unpaired) electrons. The van der Waals surface area contributed by atoms with Crippen LogP contribution in [0.4, 0.5) is 4.39 Å². The van der Waals surface area contributed by atoms with Crippen molar-refractivity contribution in [2.24, 2.45) is 0 Å². The second-order valence-corrected chi connectivity index (χ2v) is 5.34. The minimum Gasteiger partial charge on any atom is -0.494 e. The van der Waals surface area contributed by atoms with E-state index < -0.39 is 0 Å². The summed E-state index contributed by atoms with van der Waals surface area (Å²) in [4.78, 5) is 2.47. The van der Waals surface area contributed by atoms with Gasteiger partial charge in [0.2, 0.25) is 0 Å². The van der Waals surface area contributed by atoms with E-state index in [0.29, 0.717) is 11.8 Å². The summed E-state index contributed by atoms with van der Waals surface area (Å²) < 4.78 is 19.0. The van der Waals surface area contributed by atoms with Crippen LogP contribution in [-0.2, 0) is 0 Å². The Bertz CT molecular complexity index is 419. The molecule has 1 fully saturated rings. The lowest BCUT2D eigenvalue weighted by atomic mass is 9.98. The van der Waals surface area contributed by atoms with E-state index in [1.54, 1.807) is 12.1 Å². The standard InChI is InChI=1S/C16H25FN2O/c1-3-4-5-15(19-10-8-18-9-11-19)13-6-7-16(20-2)14(17)12-13/h6-7,12,15,18H,3-5,8-11H2,1-2H3/t15-/m1/s1. The van der Waals surface area contributed by atoms with Crippen LogP contribution in [0.25, 0.3) is 0 Å².